The summed E-state index contributed by atoms with van der Waals surface area (Å²) in [6.45, 7) is 5.29. The molecular formula is C39H40N4O5S2. The molecule has 1 aliphatic carbocycles. The van der Waals surface area contributed by atoms with Gasteiger partial charge < -0.3 is 0 Å². The van der Waals surface area contributed by atoms with Gasteiger partial charge in [0.05, 0.1) is 9.79 Å². The second kappa shape index (κ2) is 14.6. The lowest BCUT2D eigenvalue weighted by atomic mass is 10.1. The third kappa shape index (κ3) is 7.16. The first-order valence-electron chi connectivity index (χ1n) is 16.9. The molecule has 0 unspecified atom stereocenters. The minimum absolute atomic E-state index is 0.0687. The monoisotopic (exact) mass is 708 g/mol. The quantitative estimate of drug-likeness (QED) is 0.203. The summed E-state index contributed by atoms with van der Waals surface area (Å²) in [5, 5.41) is 0. The van der Waals surface area contributed by atoms with Crippen molar-refractivity contribution in [2.75, 3.05) is 65.4 Å². The van der Waals surface area contributed by atoms with E-state index in [1.54, 1.807) is 24.3 Å². The van der Waals surface area contributed by atoms with Crippen LogP contribution in [0.15, 0.2) is 119 Å². The number of nitrogens with zero attached hydrogens (tertiary/aromatic N) is 4. The molecule has 0 N–H and O–H groups in total. The number of carbonyl (C=O) groups is 1. The van der Waals surface area contributed by atoms with Crippen LogP contribution >= 0.6 is 0 Å². The highest BCUT2D eigenvalue weighted by molar-refractivity contribution is 7.89. The number of piperazine rings is 2. The van der Waals surface area contributed by atoms with Crippen LogP contribution in [0.5, 0.6) is 0 Å². The molecule has 2 heterocycles. The first-order chi connectivity index (χ1) is 24.2. The number of sulfonamides is 2. The zero-order valence-electron chi connectivity index (χ0n) is 27.8. The molecule has 0 bridgehead atoms. The van der Waals surface area contributed by atoms with Gasteiger partial charge in [0, 0.05) is 76.6 Å². The van der Waals surface area contributed by atoms with Gasteiger partial charge in [-0.2, -0.15) is 8.61 Å². The Hall–Kier alpha value is -4.23. The second-order valence-corrected chi connectivity index (χ2v) is 16.7. The second-order valence-electron chi connectivity index (χ2n) is 12.8. The smallest absolute Gasteiger partial charge is 0.243 e. The van der Waals surface area contributed by atoms with Crippen LogP contribution in [-0.4, -0.2) is 106 Å². The Labute approximate surface area is 294 Å². The van der Waals surface area contributed by atoms with E-state index >= 15 is 0 Å². The fraction of sp³-hybridized carbons (Fsp3) is 0.256. The van der Waals surface area contributed by atoms with Gasteiger partial charge in [-0.05, 0) is 46.5 Å². The Bertz CT molecular complexity index is 1980. The van der Waals surface area contributed by atoms with Crippen LogP contribution in [0.3, 0.4) is 0 Å². The Morgan fingerprint density at radius 3 is 1.24 bits per heavy atom. The van der Waals surface area contributed by atoms with Crippen molar-refractivity contribution in [2.45, 2.75) is 9.79 Å². The normalized spacial score (nSPS) is 18.2. The van der Waals surface area contributed by atoms with Crippen LogP contribution in [0.4, 0.5) is 0 Å². The van der Waals surface area contributed by atoms with Crippen LogP contribution in [0, 0.1) is 0 Å². The molecule has 4 aromatic carbocycles. The van der Waals surface area contributed by atoms with E-state index < -0.39 is 20.0 Å². The standard InChI is InChI=1S/C39H40N4O5S2/c44-39-37-29-33(49(45,46)42-25-21-40(22-26-42)19-7-13-31-9-3-1-4-10-31)15-17-35(37)36-18-16-34(30-38(36)39)50(47,48)43-27-23-41(24-28-43)20-8-14-32-11-5-2-6-12-32/h1-18,29-30H,19-28H2/b13-7+,14-8+. The number of hydrogen-bond acceptors (Lipinski definition) is 7. The average Bonchev–Trinajstić information content (AvgIpc) is 3.43. The van der Waals surface area contributed by atoms with Gasteiger partial charge in [-0.25, -0.2) is 16.8 Å². The van der Waals surface area contributed by atoms with Crippen LogP contribution in [0.1, 0.15) is 27.0 Å². The summed E-state index contributed by atoms with van der Waals surface area (Å²) in [6.07, 6.45) is 8.31. The van der Waals surface area contributed by atoms with Crippen molar-refractivity contribution in [1.82, 2.24) is 18.4 Å². The molecule has 0 radical (unpaired) electrons. The largest absolute Gasteiger partial charge is 0.297 e. The molecule has 9 nitrogen and oxygen atoms in total. The first kappa shape index (κ1) is 34.2. The van der Waals surface area contributed by atoms with Gasteiger partial charge in [-0.3, -0.25) is 14.6 Å². The molecule has 0 atom stereocenters. The lowest BCUT2D eigenvalue weighted by Gasteiger charge is -2.33. The van der Waals surface area contributed by atoms with Crippen molar-refractivity contribution in [3.05, 3.63) is 131 Å². The van der Waals surface area contributed by atoms with E-state index in [1.165, 1.54) is 20.7 Å². The molecular weight excluding hydrogens is 669 g/mol. The van der Waals surface area contributed by atoms with Gasteiger partial charge in [-0.1, -0.05) is 97.1 Å². The average molecular weight is 709 g/mol. The molecule has 4 aromatic rings. The summed E-state index contributed by atoms with van der Waals surface area (Å²) in [5.41, 5.74) is 4.02. The van der Waals surface area contributed by atoms with E-state index in [-0.39, 0.29) is 26.7 Å². The number of benzene rings is 4. The lowest BCUT2D eigenvalue weighted by Crippen LogP contribution is -2.48. The molecule has 0 amide bonds. The molecule has 2 aliphatic heterocycles. The molecule has 50 heavy (non-hydrogen) atoms. The third-order valence-electron chi connectivity index (χ3n) is 9.65. The minimum atomic E-state index is -3.83. The molecule has 0 saturated carbocycles. The van der Waals surface area contributed by atoms with Crippen molar-refractivity contribution >= 4 is 38.0 Å². The van der Waals surface area contributed by atoms with Crippen LogP contribution in [-0.2, 0) is 20.0 Å². The molecule has 3 aliphatic rings. The summed E-state index contributed by atoms with van der Waals surface area (Å²) in [6, 6.07) is 29.4. The third-order valence-corrected chi connectivity index (χ3v) is 13.4. The first-order valence-corrected chi connectivity index (χ1v) is 19.8. The maximum atomic E-state index is 13.7. The molecule has 7 rings (SSSR count). The summed E-state index contributed by atoms with van der Waals surface area (Å²) >= 11 is 0. The molecule has 0 aromatic heterocycles. The van der Waals surface area contributed by atoms with E-state index in [1.807, 2.05) is 60.7 Å². The van der Waals surface area contributed by atoms with Crippen molar-refractivity contribution in [1.29, 1.82) is 0 Å². The zero-order valence-corrected chi connectivity index (χ0v) is 29.4. The topological polar surface area (TPSA) is 98.3 Å². The SMILES string of the molecule is O=C1c2cc(S(=O)(=O)N3CCN(C/C=C/c4ccccc4)CC3)ccc2-c2ccc(S(=O)(=O)N3CCN(C/C=C/c4ccccc4)CC3)cc21. The van der Waals surface area contributed by atoms with Gasteiger partial charge in [0.25, 0.3) is 0 Å². The van der Waals surface area contributed by atoms with Crippen molar-refractivity contribution < 1.29 is 21.6 Å². The predicted octanol–water partition coefficient (Wildman–Crippen LogP) is 4.94. The van der Waals surface area contributed by atoms with Gasteiger partial charge in [0.1, 0.15) is 0 Å². The zero-order chi connectivity index (χ0) is 34.7. The van der Waals surface area contributed by atoms with Crippen LogP contribution in [0.25, 0.3) is 23.3 Å². The Morgan fingerprint density at radius 1 is 0.480 bits per heavy atom. The summed E-state index contributed by atoms with van der Waals surface area (Å²) < 4.78 is 57.6. The van der Waals surface area contributed by atoms with Crippen molar-refractivity contribution in [2.24, 2.45) is 0 Å². The molecule has 2 fully saturated rings. The van der Waals surface area contributed by atoms with Crippen molar-refractivity contribution in [3.63, 3.8) is 0 Å². The molecule has 0 spiro atoms. The lowest BCUT2D eigenvalue weighted by molar-refractivity contribution is 0.104. The van der Waals surface area contributed by atoms with Crippen LogP contribution in [0.2, 0.25) is 0 Å². The van der Waals surface area contributed by atoms with Gasteiger partial charge in [-0.15, -0.1) is 0 Å². The molecule has 258 valence electrons. The maximum Gasteiger partial charge on any atom is 0.243 e. The number of ketones is 1. The fourth-order valence-electron chi connectivity index (χ4n) is 6.77. The Morgan fingerprint density at radius 2 is 0.860 bits per heavy atom. The van der Waals surface area contributed by atoms with E-state index in [9.17, 15) is 21.6 Å². The minimum Gasteiger partial charge on any atom is -0.297 e. The summed E-state index contributed by atoms with van der Waals surface area (Å²) in [7, 11) is -7.65. The Balaban J connectivity index is 0.980. The number of fused-ring (bicyclic) bond motifs is 3. The highest BCUT2D eigenvalue weighted by Gasteiger charge is 2.35. The van der Waals surface area contributed by atoms with E-state index in [0.717, 1.165) is 24.2 Å². The van der Waals surface area contributed by atoms with E-state index in [0.29, 0.717) is 63.5 Å². The highest BCUT2D eigenvalue weighted by Crippen LogP contribution is 2.39. The molecule has 2 saturated heterocycles. The summed E-state index contributed by atoms with van der Waals surface area (Å²) in [4.78, 5) is 18.2. The van der Waals surface area contributed by atoms with Gasteiger partial charge >= 0.3 is 0 Å². The van der Waals surface area contributed by atoms with E-state index in [4.69, 9.17) is 0 Å². The Kier molecular flexibility index (Phi) is 9.96. The van der Waals surface area contributed by atoms with Crippen molar-refractivity contribution in [3.8, 4) is 11.1 Å². The van der Waals surface area contributed by atoms with Gasteiger partial charge in [0.2, 0.25) is 20.0 Å². The summed E-state index contributed by atoms with van der Waals surface area (Å²) in [5.74, 6) is -0.367. The van der Waals surface area contributed by atoms with Gasteiger partial charge in [0.15, 0.2) is 5.78 Å². The van der Waals surface area contributed by atoms with E-state index in [2.05, 4.69) is 34.1 Å². The number of rotatable bonds is 10. The number of hydrogen-bond donors (Lipinski definition) is 0. The fourth-order valence-corrected chi connectivity index (χ4v) is 9.66. The molecule has 11 heteroatoms. The maximum absolute atomic E-state index is 13.7. The highest BCUT2D eigenvalue weighted by atomic mass is 32.2. The number of carbonyl (C=O) groups excluding carboxylic acids is 1. The van der Waals surface area contributed by atoms with Crippen LogP contribution < -0.4 is 0 Å². The predicted molar refractivity (Wildman–Crippen MR) is 197 cm³/mol.